The molecule has 0 aromatic carbocycles. The van der Waals surface area contributed by atoms with Gasteiger partial charge in [-0.1, -0.05) is 0 Å². The summed E-state index contributed by atoms with van der Waals surface area (Å²) >= 11 is 0. The molecule has 0 fully saturated rings. The number of carbonyl (C=O) groups is 2. The number of hydrogen-bond donors (Lipinski definition) is 0. The maximum Gasteiger partial charge on any atom is 0.410 e. The van der Waals surface area contributed by atoms with E-state index in [9.17, 15) is 9.59 Å². The van der Waals surface area contributed by atoms with Crippen molar-refractivity contribution in [1.29, 1.82) is 0 Å². The van der Waals surface area contributed by atoms with Gasteiger partial charge in [-0.3, -0.25) is 9.88 Å². The molecule has 0 aliphatic heterocycles. The van der Waals surface area contributed by atoms with E-state index in [0.717, 1.165) is 17.4 Å². The normalized spacial score (nSPS) is 12.7. The van der Waals surface area contributed by atoms with Gasteiger partial charge < -0.3 is 9.53 Å². The number of nitrogens with zero attached hydrogens (tertiary/aromatic N) is 2. The van der Waals surface area contributed by atoms with Crippen LogP contribution in [0.3, 0.4) is 0 Å². The molecule has 5 heteroatoms. The van der Waals surface area contributed by atoms with Crippen LogP contribution in [0.15, 0.2) is 18.5 Å². The zero-order valence-corrected chi connectivity index (χ0v) is 12.0. The first-order valence-corrected chi connectivity index (χ1v) is 6.08. The van der Waals surface area contributed by atoms with Crippen LogP contribution in [0.25, 0.3) is 0 Å². The summed E-state index contributed by atoms with van der Waals surface area (Å²) in [5, 5.41) is 0. The molecule has 1 heterocycles. The fraction of sp³-hybridized carbons (Fsp3) is 0.500. The van der Waals surface area contributed by atoms with Gasteiger partial charge in [-0.15, -0.1) is 0 Å². The minimum atomic E-state index is -0.669. The summed E-state index contributed by atoms with van der Waals surface area (Å²) in [6.07, 6.45) is 3.46. The van der Waals surface area contributed by atoms with Crippen molar-refractivity contribution in [3.05, 3.63) is 29.6 Å². The molecule has 0 N–H and O–H groups in total. The average molecular weight is 264 g/mol. The molecule has 1 atom stereocenters. The summed E-state index contributed by atoms with van der Waals surface area (Å²) < 4.78 is 5.26. The maximum atomic E-state index is 12.0. The number of rotatable bonds is 3. The summed E-state index contributed by atoms with van der Waals surface area (Å²) in [4.78, 5) is 28.5. The van der Waals surface area contributed by atoms with Crippen molar-refractivity contribution in [2.45, 2.75) is 39.3 Å². The molecule has 0 bridgehead atoms. The second-order valence-electron chi connectivity index (χ2n) is 5.40. The number of aromatic nitrogens is 1. The van der Waals surface area contributed by atoms with Crippen molar-refractivity contribution < 1.29 is 14.3 Å². The number of amides is 1. The number of aldehydes is 1. The highest BCUT2D eigenvalue weighted by Crippen LogP contribution is 2.22. The van der Waals surface area contributed by atoms with Crippen molar-refractivity contribution in [2.75, 3.05) is 7.05 Å². The first kappa shape index (κ1) is 15.1. The van der Waals surface area contributed by atoms with Crippen LogP contribution < -0.4 is 0 Å². The van der Waals surface area contributed by atoms with E-state index in [1.165, 1.54) is 4.90 Å². The molecule has 5 nitrogen and oxygen atoms in total. The molecule has 0 radical (unpaired) electrons. The molecule has 0 spiro atoms. The second kappa shape index (κ2) is 5.82. The van der Waals surface area contributed by atoms with Crippen molar-refractivity contribution in [3.63, 3.8) is 0 Å². The Hall–Kier alpha value is -1.91. The summed E-state index contributed by atoms with van der Waals surface area (Å²) in [6, 6.07) is 1.06. The third kappa shape index (κ3) is 4.05. The summed E-state index contributed by atoms with van der Waals surface area (Å²) in [5.74, 6) is 0. The smallest absolute Gasteiger partial charge is 0.410 e. The molecule has 1 rings (SSSR count). The monoisotopic (exact) mass is 264 g/mol. The second-order valence-corrected chi connectivity index (χ2v) is 5.40. The van der Waals surface area contributed by atoms with Crippen molar-refractivity contribution in [2.24, 2.45) is 0 Å². The van der Waals surface area contributed by atoms with Gasteiger partial charge in [-0.25, -0.2) is 4.79 Å². The number of ether oxygens (including phenoxy) is 1. The van der Waals surface area contributed by atoms with Crippen LogP contribution in [-0.2, 0) is 9.53 Å². The quantitative estimate of drug-likeness (QED) is 0.787. The van der Waals surface area contributed by atoms with E-state index in [2.05, 4.69) is 4.98 Å². The van der Waals surface area contributed by atoms with Gasteiger partial charge in [0.15, 0.2) is 0 Å². The van der Waals surface area contributed by atoms with Gasteiger partial charge >= 0.3 is 6.09 Å². The number of likely N-dealkylation sites (N-methyl/N-ethyl adjacent to an activating group) is 1. The third-order valence-electron chi connectivity index (χ3n) is 2.61. The largest absolute Gasteiger partial charge is 0.444 e. The number of pyridine rings is 1. The first-order chi connectivity index (χ1) is 8.76. The van der Waals surface area contributed by atoms with E-state index in [0.29, 0.717) is 0 Å². The van der Waals surface area contributed by atoms with Gasteiger partial charge in [0, 0.05) is 19.4 Å². The predicted molar refractivity (Wildman–Crippen MR) is 71.8 cm³/mol. The fourth-order valence-corrected chi connectivity index (χ4v) is 1.64. The van der Waals surface area contributed by atoms with Gasteiger partial charge in [0.05, 0.1) is 0 Å². The molecule has 1 aromatic rings. The summed E-state index contributed by atoms with van der Waals surface area (Å²) in [7, 11) is 1.55. The van der Waals surface area contributed by atoms with Crippen LogP contribution in [-0.4, -0.2) is 34.9 Å². The minimum absolute atomic E-state index is 0.527. The van der Waals surface area contributed by atoms with E-state index in [1.807, 2.05) is 6.92 Å². The van der Waals surface area contributed by atoms with Crippen LogP contribution in [0.5, 0.6) is 0 Å². The van der Waals surface area contributed by atoms with Crippen LogP contribution in [0.1, 0.15) is 37.9 Å². The van der Waals surface area contributed by atoms with E-state index in [1.54, 1.807) is 46.3 Å². The van der Waals surface area contributed by atoms with E-state index in [-0.39, 0.29) is 0 Å². The van der Waals surface area contributed by atoms with Crippen LogP contribution >= 0.6 is 0 Å². The van der Waals surface area contributed by atoms with Gasteiger partial charge in [0.25, 0.3) is 0 Å². The predicted octanol–water partition coefficient (Wildman–Crippen LogP) is 2.50. The van der Waals surface area contributed by atoms with Crippen molar-refractivity contribution >= 4 is 12.4 Å². The number of hydrogen-bond acceptors (Lipinski definition) is 4. The summed E-state index contributed by atoms with van der Waals surface area (Å²) in [5.41, 5.74) is 1.01. The van der Waals surface area contributed by atoms with Gasteiger partial charge in [-0.05, 0) is 44.9 Å². The Kier molecular flexibility index (Phi) is 4.64. The molecule has 0 aliphatic rings. The lowest BCUT2D eigenvalue weighted by molar-refractivity contribution is -0.112. The Labute approximate surface area is 113 Å². The number of aryl methyl sites for hydroxylation is 1. The van der Waals surface area contributed by atoms with E-state index < -0.39 is 17.7 Å². The van der Waals surface area contributed by atoms with Crippen LogP contribution in [0.4, 0.5) is 4.79 Å². The Morgan fingerprint density at radius 3 is 2.58 bits per heavy atom. The molecule has 104 valence electrons. The molecule has 0 saturated carbocycles. The molecule has 1 unspecified atom stereocenters. The molecule has 1 amide bonds. The molecular formula is C14H20N2O3. The standard InChI is InChI=1S/C14H20N2O3/c1-10-8-15-7-6-11(10)12(9-17)16(5)13(18)19-14(2,3)4/h6-9,12H,1-5H3. The highest BCUT2D eigenvalue weighted by molar-refractivity contribution is 5.75. The SMILES string of the molecule is Cc1cnccc1C(C=O)N(C)C(=O)OC(C)(C)C. The Morgan fingerprint density at radius 1 is 1.47 bits per heavy atom. The topological polar surface area (TPSA) is 59.5 Å². The van der Waals surface area contributed by atoms with Gasteiger partial charge in [0.1, 0.15) is 17.9 Å². The molecule has 0 saturated heterocycles. The fourth-order valence-electron chi connectivity index (χ4n) is 1.64. The maximum absolute atomic E-state index is 12.0. The molecule has 1 aromatic heterocycles. The first-order valence-electron chi connectivity index (χ1n) is 6.08. The molecule has 19 heavy (non-hydrogen) atoms. The molecule has 0 aliphatic carbocycles. The number of carbonyl (C=O) groups excluding carboxylic acids is 2. The zero-order chi connectivity index (χ0) is 14.6. The summed E-state index contributed by atoms with van der Waals surface area (Å²) in [6.45, 7) is 7.20. The van der Waals surface area contributed by atoms with Gasteiger partial charge in [-0.2, -0.15) is 0 Å². The zero-order valence-electron chi connectivity index (χ0n) is 12.0. The highest BCUT2D eigenvalue weighted by atomic mass is 16.6. The lowest BCUT2D eigenvalue weighted by Crippen LogP contribution is -2.37. The highest BCUT2D eigenvalue weighted by Gasteiger charge is 2.26. The Balaban J connectivity index is 2.95. The minimum Gasteiger partial charge on any atom is -0.444 e. The van der Waals surface area contributed by atoms with Gasteiger partial charge in [0.2, 0.25) is 0 Å². The van der Waals surface area contributed by atoms with Crippen molar-refractivity contribution in [1.82, 2.24) is 9.88 Å². The van der Waals surface area contributed by atoms with E-state index >= 15 is 0 Å². The van der Waals surface area contributed by atoms with Crippen LogP contribution in [0.2, 0.25) is 0 Å². The Morgan fingerprint density at radius 2 is 2.11 bits per heavy atom. The average Bonchev–Trinajstić information content (AvgIpc) is 2.30. The van der Waals surface area contributed by atoms with Crippen LogP contribution in [0, 0.1) is 6.92 Å². The van der Waals surface area contributed by atoms with E-state index in [4.69, 9.17) is 4.74 Å². The third-order valence-corrected chi connectivity index (χ3v) is 2.61. The lowest BCUT2D eigenvalue weighted by Gasteiger charge is -2.28. The molecular weight excluding hydrogens is 244 g/mol. The lowest BCUT2D eigenvalue weighted by atomic mass is 10.0. The Bertz CT molecular complexity index is 466. The van der Waals surface area contributed by atoms with Crippen molar-refractivity contribution in [3.8, 4) is 0 Å².